The number of benzene rings is 5. The second-order valence-electron chi connectivity index (χ2n) is 14.6. The lowest BCUT2D eigenvalue weighted by Crippen LogP contribution is -2.27. The zero-order valence-corrected chi connectivity index (χ0v) is 35.7. The van der Waals surface area contributed by atoms with Crippen molar-refractivity contribution in [1.82, 2.24) is 15.0 Å². The normalized spacial score (nSPS) is 12.6. The number of para-hydroxylation sites is 5. The number of hydrogen-bond acceptors (Lipinski definition) is 13. The van der Waals surface area contributed by atoms with Crippen molar-refractivity contribution in [2.75, 3.05) is 0 Å². The number of aromatic nitrogens is 3. The van der Waals surface area contributed by atoms with Crippen LogP contribution in [-0.4, -0.2) is 46.3 Å². The number of aliphatic hydroxyl groups excluding tert-OH is 2. The van der Waals surface area contributed by atoms with E-state index in [1.54, 1.807) is 19.1 Å². The first-order valence-corrected chi connectivity index (χ1v) is 19.9. The Hall–Kier alpha value is -6.61. The highest BCUT2D eigenvalue weighted by Crippen LogP contribution is 2.29. The number of aryl methyl sites for hydroxylation is 5. The van der Waals surface area contributed by atoms with Crippen LogP contribution in [0.5, 0.6) is 11.5 Å². The van der Waals surface area contributed by atoms with E-state index >= 15 is 0 Å². The van der Waals surface area contributed by atoms with E-state index in [-0.39, 0.29) is 23.4 Å². The minimum absolute atomic E-state index is 0.161. The van der Waals surface area contributed by atoms with Gasteiger partial charge >= 0.3 is 5.69 Å². The molecule has 3 heterocycles. The molecule has 0 radical (unpaired) electrons. The van der Waals surface area contributed by atoms with Crippen molar-refractivity contribution in [3.05, 3.63) is 153 Å². The summed E-state index contributed by atoms with van der Waals surface area (Å²) in [7, 11) is 0. The summed E-state index contributed by atoms with van der Waals surface area (Å²) in [6, 6.07) is 28.8. The van der Waals surface area contributed by atoms with Crippen LogP contribution in [0.4, 0.5) is 5.69 Å². The Labute approximate surface area is 354 Å². The number of nitro benzene ring substituents is 1. The fourth-order valence-electron chi connectivity index (χ4n) is 5.72. The summed E-state index contributed by atoms with van der Waals surface area (Å²) in [6.45, 7) is 15.4. The second-order valence-corrected chi connectivity index (χ2v) is 14.6. The van der Waals surface area contributed by atoms with Gasteiger partial charge in [-0.25, -0.2) is 15.0 Å². The van der Waals surface area contributed by atoms with E-state index in [4.69, 9.17) is 29.2 Å². The molecule has 4 atom stereocenters. The number of phenols is 2. The average Bonchev–Trinajstić information content (AvgIpc) is 4.03. The molecule has 8 rings (SSSR count). The van der Waals surface area contributed by atoms with Crippen LogP contribution in [0.15, 0.2) is 117 Å². The third kappa shape index (κ3) is 12.5. The number of hydrogen-bond donors (Lipinski definition) is 5. The predicted molar refractivity (Wildman–Crippen MR) is 236 cm³/mol. The van der Waals surface area contributed by atoms with Gasteiger partial charge in [-0.15, -0.1) is 0 Å². The van der Waals surface area contributed by atoms with Crippen molar-refractivity contribution >= 4 is 39.0 Å². The second kappa shape index (κ2) is 22.1. The molecule has 14 heteroatoms. The number of aromatic hydroxyl groups is 2. The van der Waals surface area contributed by atoms with Crippen LogP contribution in [0.3, 0.4) is 0 Å². The molecule has 3 aromatic heterocycles. The fourth-order valence-corrected chi connectivity index (χ4v) is 5.72. The Morgan fingerprint density at radius 2 is 1.11 bits per heavy atom. The average molecular weight is 834 g/mol. The summed E-state index contributed by atoms with van der Waals surface area (Å²) < 4.78 is 16.3. The van der Waals surface area contributed by atoms with Crippen LogP contribution in [0, 0.1) is 50.7 Å². The van der Waals surface area contributed by atoms with Gasteiger partial charge in [-0.1, -0.05) is 93.9 Å². The lowest BCUT2D eigenvalue weighted by atomic mass is 10.0. The summed E-state index contributed by atoms with van der Waals surface area (Å²) in [5, 5.41) is 48.2. The first-order valence-electron chi connectivity index (χ1n) is 19.9. The predicted octanol–water partition coefficient (Wildman–Crippen LogP) is 10.6. The molecule has 61 heavy (non-hydrogen) atoms. The molecule has 0 bridgehead atoms. The van der Waals surface area contributed by atoms with Crippen molar-refractivity contribution < 1.29 is 38.6 Å². The molecule has 5 aromatic carbocycles. The van der Waals surface area contributed by atoms with Crippen LogP contribution in [0.1, 0.15) is 85.4 Å². The number of rotatable bonds is 7. The van der Waals surface area contributed by atoms with Crippen molar-refractivity contribution in [2.24, 2.45) is 11.7 Å². The zero-order valence-electron chi connectivity index (χ0n) is 35.7. The molecule has 0 aliphatic heterocycles. The highest BCUT2D eigenvalue weighted by Gasteiger charge is 2.22. The molecule has 4 unspecified atom stereocenters. The first-order chi connectivity index (χ1) is 29.1. The Kier molecular flexibility index (Phi) is 17.1. The quantitative estimate of drug-likeness (QED) is 0.0744. The molecule has 0 fully saturated rings. The number of nitrogens with two attached hydrogens (primary N) is 1. The molecule has 0 aliphatic carbocycles. The van der Waals surface area contributed by atoms with Gasteiger partial charge in [0.1, 0.15) is 34.5 Å². The monoisotopic (exact) mass is 833 g/mol. The van der Waals surface area contributed by atoms with E-state index in [0.29, 0.717) is 29.5 Å². The molecule has 8 aromatic rings. The number of fused-ring (bicyclic) bond motifs is 3. The van der Waals surface area contributed by atoms with Gasteiger partial charge in [0.15, 0.2) is 28.9 Å². The van der Waals surface area contributed by atoms with Gasteiger partial charge in [0.05, 0.1) is 4.92 Å². The molecular formula is C47H55N5O9. The van der Waals surface area contributed by atoms with E-state index < -0.39 is 17.1 Å². The van der Waals surface area contributed by atoms with E-state index in [1.165, 1.54) is 18.5 Å². The van der Waals surface area contributed by atoms with Gasteiger partial charge in [-0.05, 0) is 99.0 Å². The van der Waals surface area contributed by atoms with Gasteiger partial charge in [0.2, 0.25) is 11.8 Å². The lowest BCUT2D eigenvalue weighted by Gasteiger charge is -2.12. The number of aliphatic hydroxyl groups is 2. The first kappa shape index (κ1) is 47.1. The van der Waals surface area contributed by atoms with Gasteiger partial charge in [-0.3, -0.25) is 10.1 Å². The molecular weight excluding hydrogens is 779 g/mol. The summed E-state index contributed by atoms with van der Waals surface area (Å²) in [5.74, 6) is 1.01. The van der Waals surface area contributed by atoms with Gasteiger partial charge < -0.3 is 39.4 Å². The Morgan fingerprint density at radius 3 is 1.56 bits per heavy atom. The zero-order chi connectivity index (χ0) is 44.8. The maximum atomic E-state index is 10.2. The smallest absolute Gasteiger partial charge is 0.310 e. The third-order valence-corrected chi connectivity index (χ3v) is 9.90. The summed E-state index contributed by atoms with van der Waals surface area (Å²) >= 11 is 0. The molecule has 14 nitrogen and oxygen atoms in total. The van der Waals surface area contributed by atoms with Crippen LogP contribution in [0.25, 0.3) is 33.3 Å². The number of nitrogens with zero attached hydrogens (tertiary/aromatic N) is 4. The standard InChI is InChI=1S/C13H17NO2.C12H16N2O2.C8H7NO.C7H7NO3.C7H8O/c1-4-8(2)11(15)13-14-10-7-5-6-9(3)12(10)16-13;1-3-8(13)10(15)12-14-9-6-4-5-7(2)11(9)16-12;1-6-3-2-4-7-8(6)10-5-9-7;1-5-3-2-4-6(7(5)9)8(10)11;1-6-4-2-3-5-7(6)8/h5-8,11,15H,4H2,1-3H3;4-6,8,10,15H,3,13H2,1-2H3;2-5H,1H3;2-4,9H,1H3;2-5,8H,1H3. The minimum Gasteiger partial charge on any atom is -0.508 e. The van der Waals surface area contributed by atoms with Crippen LogP contribution < -0.4 is 5.73 Å². The Bertz CT molecular complexity index is 2520. The van der Waals surface area contributed by atoms with Crippen LogP contribution in [0.2, 0.25) is 0 Å². The third-order valence-electron chi connectivity index (χ3n) is 9.90. The van der Waals surface area contributed by atoms with Crippen molar-refractivity contribution in [3.63, 3.8) is 0 Å². The number of nitro groups is 1. The van der Waals surface area contributed by atoms with Crippen LogP contribution in [-0.2, 0) is 0 Å². The van der Waals surface area contributed by atoms with Gasteiger partial charge in [0.25, 0.3) is 0 Å². The molecule has 322 valence electrons. The number of phenolic OH excluding ortho intramolecular Hbond substituents is 2. The highest BCUT2D eigenvalue weighted by molar-refractivity contribution is 5.77. The minimum atomic E-state index is -0.836. The van der Waals surface area contributed by atoms with E-state index in [1.807, 2.05) is 121 Å². The van der Waals surface area contributed by atoms with Crippen LogP contribution >= 0.6 is 0 Å². The van der Waals surface area contributed by atoms with Gasteiger partial charge in [0, 0.05) is 12.1 Å². The molecule has 6 N–H and O–H groups in total. The maximum Gasteiger partial charge on any atom is 0.310 e. The summed E-state index contributed by atoms with van der Waals surface area (Å²) in [6.07, 6.45) is 1.60. The summed E-state index contributed by atoms with van der Waals surface area (Å²) in [4.78, 5) is 22.2. The topological polar surface area (TPSA) is 228 Å². The highest BCUT2D eigenvalue weighted by atomic mass is 16.6. The maximum absolute atomic E-state index is 10.2. The lowest BCUT2D eigenvalue weighted by molar-refractivity contribution is -0.385. The van der Waals surface area contributed by atoms with E-state index in [9.17, 15) is 20.3 Å². The largest absolute Gasteiger partial charge is 0.508 e. The number of oxazole rings is 3. The molecule has 0 amide bonds. The van der Waals surface area contributed by atoms with Gasteiger partial charge in [-0.2, -0.15) is 0 Å². The molecule has 0 saturated carbocycles. The summed E-state index contributed by atoms with van der Waals surface area (Å²) in [5.41, 5.74) is 15.0. The molecule has 0 saturated heterocycles. The molecule has 0 aliphatic rings. The SMILES string of the molecule is CCC(C)C(O)c1nc2cccc(C)c2o1.CCC(N)C(O)c1nc2cccc(C)c2o1.Cc1cccc([N+](=O)[O-])c1O.Cc1cccc2ncoc12.Cc1ccccc1O. The van der Waals surface area contributed by atoms with Crippen molar-refractivity contribution in [3.8, 4) is 11.5 Å². The van der Waals surface area contributed by atoms with Crippen molar-refractivity contribution in [1.29, 1.82) is 0 Å². The Morgan fingerprint density at radius 1 is 0.639 bits per heavy atom. The fraction of sp³-hybridized carbons (Fsp3) is 0.298. The van der Waals surface area contributed by atoms with Crippen molar-refractivity contribution in [2.45, 2.75) is 86.5 Å². The van der Waals surface area contributed by atoms with E-state index in [0.717, 1.165) is 62.0 Å². The molecule has 0 spiro atoms. The van der Waals surface area contributed by atoms with E-state index in [2.05, 4.69) is 15.0 Å². The Balaban J connectivity index is 0.000000172.